The number of carboxylic acids is 1. The highest BCUT2D eigenvalue weighted by Crippen LogP contribution is 2.11. The van der Waals surface area contributed by atoms with Gasteiger partial charge in [-0.2, -0.15) is 0 Å². The Hall–Kier alpha value is -3.72. The maximum absolute atomic E-state index is 13.5. The molecular weight excluding hydrogens is 496 g/mol. The Balaban J connectivity index is 2.22. The topological polar surface area (TPSA) is 137 Å². The number of rotatable bonds is 16. The average Bonchev–Trinajstić information content (AvgIpc) is 2.89. The van der Waals surface area contributed by atoms with E-state index in [4.69, 9.17) is 5.11 Å². The molecule has 39 heavy (non-hydrogen) atoms. The highest BCUT2D eigenvalue weighted by atomic mass is 16.4. The first-order valence-electron chi connectivity index (χ1n) is 13.5. The van der Waals surface area contributed by atoms with Crippen LogP contribution in [0.15, 0.2) is 60.7 Å². The largest absolute Gasteiger partial charge is 0.480 e. The molecule has 0 spiro atoms. The van der Waals surface area contributed by atoms with Gasteiger partial charge in [0.1, 0.15) is 18.6 Å². The Morgan fingerprint density at radius 2 is 1.15 bits per heavy atom. The lowest BCUT2D eigenvalue weighted by molar-refractivity contribution is -0.138. The van der Waals surface area contributed by atoms with Gasteiger partial charge in [0.05, 0.1) is 6.04 Å². The number of carbonyl (C=O) groups is 4. The Kier molecular flexibility index (Phi) is 13.2. The van der Waals surface area contributed by atoms with Gasteiger partial charge in [0.2, 0.25) is 17.7 Å². The fourth-order valence-corrected chi connectivity index (χ4v) is 4.18. The normalized spacial score (nSPS) is 13.4. The summed E-state index contributed by atoms with van der Waals surface area (Å²) in [6, 6.07) is 16.7. The minimum absolute atomic E-state index is 0.0608. The molecule has 0 fully saturated rings. The van der Waals surface area contributed by atoms with Gasteiger partial charge in [-0.05, 0) is 35.8 Å². The van der Waals surface area contributed by atoms with Gasteiger partial charge in [-0.15, -0.1) is 0 Å². The van der Waals surface area contributed by atoms with E-state index in [1.165, 1.54) is 0 Å². The lowest BCUT2D eigenvalue weighted by Crippen LogP contribution is -2.57. The molecule has 3 atom stereocenters. The number of amides is 3. The first-order chi connectivity index (χ1) is 18.5. The van der Waals surface area contributed by atoms with Crippen LogP contribution in [-0.4, -0.2) is 53.5 Å². The molecule has 0 saturated heterocycles. The highest BCUT2D eigenvalue weighted by Gasteiger charge is 2.30. The second-order valence-electron chi connectivity index (χ2n) is 10.6. The molecule has 2 rings (SSSR count). The quantitative estimate of drug-likeness (QED) is 0.223. The Labute approximate surface area is 231 Å². The van der Waals surface area contributed by atoms with Crippen LogP contribution < -0.4 is 21.3 Å². The van der Waals surface area contributed by atoms with E-state index in [9.17, 15) is 19.2 Å². The molecule has 0 aliphatic rings. The van der Waals surface area contributed by atoms with Gasteiger partial charge in [-0.1, -0.05) is 88.4 Å². The van der Waals surface area contributed by atoms with Gasteiger partial charge < -0.3 is 26.4 Å². The zero-order valence-corrected chi connectivity index (χ0v) is 23.3. The first-order valence-corrected chi connectivity index (χ1v) is 13.5. The maximum Gasteiger partial charge on any atom is 0.322 e. The van der Waals surface area contributed by atoms with Crippen molar-refractivity contribution >= 4 is 23.7 Å². The minimum atomic E-state index is -1.17. The Morgan fingerprint density at radius 3 is 1.69 bits per heavy atom. The van der Waals surface area contributed by atoms with E-state index in [0.717, 1.165) is 11.1 Å². The zero-order valence-electron chi connectivity index (χ0n) is 23.3. The van der Waals surface area contributed by atoms with Crippen LogP contribution in [0.5, 0.6) is 0 Å². The number of hydrogen-bond donors (Lipinski definition) is 5. The first kappa shape index (κ1) is 31.5. The summed E-state index contributed by atoms with van der Waals surface area (Å²) in [7, 11) is 0. The van der Waals surface area contributed by atoms with E-state index in [1.54, 1.807) is 0 Å². The van der Waals surface area contributed by atoms with Gasteiger partial charge in [-0.3, -0.25) is 19.2 Å². The number of benzene rings is 2. The second kappa shape index (κ2) is 16.3. The van der Waals surface area contributed by atoms with E-state index in [0.29, 0.717) is 19.4 Å². The summed E-state index contributed by atoms with van der Waals surface area (Å²) in [5, 5.41) is 20.3. The molecule has 3 amide bonds. The molecule has 2 aromatic carbocycles. The predicted octanol–water partition coefficient (Wildman–Crippen LogP) is 2.65. The van der Waals surface area contributed by atoms with E-state index < -0.39 is 42.5 Å². The third kappa shape index (κ3) is 12.1. The lowest BCUT2D eigenvalue weighted by atomic mass is 9.99. The number of nitrogens with one attached hydrogen (secondary N) is 4. The van der Waals surface area contributed by atoms with Crippen LogP contribution in [0.1, 0.15) is 51.7 Å². The molecule has 5 N–H and O–H groups in total. The molecule has 0 radical (unpaired) electrons. The molecule has 0 aromatic heterocycles. The van der Waals surface area contributed by atoms with Crippen LogP contribution in [0.2, 0.25) is 0 Å². The second-order valence-corrected chi connectivity index (χ2v) is 10.6. The molecule has 0 bridgehead atoms. The predicted molar refractivity (Wildman–Crippen MR) is 151 cm³/mol. The SMILES string of the molecule is CC(C)C[C@H](NCc1ccccc1)C(=O)N[C@@H](Cc1ccccc1)C(=O)N[C@@H](CC(C)C)C(=O)NCC(=O)O. The molecular formula is C30H42N4O5. The standard InChI is InChI=1S/C30H42N4O5/c1-20(2)15-24(31-18-23-13-9-6-10-14-23)29(38)34-26(17-22-11-7-5-8-12-22)30(39)33-25(16-21(3)4)28(37)32-19-27(35)36/h5-14,20-21,24-26,31H,15-19H2,1-4H3,(H,32,37)(H,33,39)(H,34,38)(H,35,36)/t24-,25-,26-/m0/s1. The third-order valence-electron chi connectivity index (χ3n) is 6.09. The molecule has 0 heterocycles. The molecule has 212 valence electrons. The molecule has 0 unspecified atom stereocenters. The van der Waals surface area contributed by atoms with Crippen LogP contribution in [0, 0.1) is 11.8 Å². The van der Waals surface area contributed by atoms with Crippen LogP contribution in [0.25, 0.3) is 0 Å². The summed E-state index contributed by atoms with van der Waals surface area (Å²) >= 11 is 0. The third-order valence-corrected chi connectivity index (χ3v) is 6.09. The van der Waals surface area contributed by atoms with E-state index in [2.05, 4.69) is 21.3 Å². The van der Waals surface area contributed by atoms with Gasteiger partial charge in [-0.25, -0.2) is 0 Å². The van der Waals surface area contributed by atoms with Crippen molar-refractivity contribution in [1.29, 1.82) is 0 Å². The summed E-state index contributed by atoms with van der Waals surface area (Å²) in [6.07, 6.45) is 1.13. The molecule has 0 aliphatic carbocycles. The van der Waals surface area contributed by atoms with Crippen molar-refractivity contribution < 1.29 is 24.3 Å². The smallest absolute Gasteiger partial charge is 0.322 e. The van der Waals surface area contributed by atoms with Gasteiger partial charge in [0.25, 0.3) is 0 Å². The van der Waals surface area contributed by atoms with Crippen molar-refractivity contribution in [2.24, 2.45) is 11.8 Å². The van der Waals surface area contributed by atoms with E-state index in [-0.39, 0.29) is 24.2 Å². The summed E-state index contributed by atoms with van der Waals surface area (Å²) < 4.78 is 0. The maximum atomic E-state index is 13.5. The van der Waals surface area contributed by atoms with Crippen molar-refractivity contribution in [3.05, 3.63) is 71.8 Å². The molecule has 0 aliphatic heterocycles. The Morgan fingerprint density at radius 1 is 0.667 bits per heavy atom. The molecule has 0 saturated carbocycles. The van der Waals surface area contributed by atoms with Crippen molar-refractivity contribution in [3.8, 4) is 0 Å². The van der Waals surface area contributed by atoms with Crippen molar-refractivity contribution in [2.45, 2.75) is 71.6 Å². The summed E-state index contributed by atoms with van der Waals surface area (Å²) in [4.78, 5) is 50.6. The van der Waals surface area contributed by atoms with Crippen molar-refractivity contribution in [1.82, 2.24) is 21.3 Å². The van der Waals surface area contributed by atoms with Crippen molar-refractivity contribution in [3.63, 3.8) is 0 Å². The number of carboxylic acid groups (broad SMARTS) is 1. The number of aliphatic carboxylic acids is 1. The van der Waals surface area contributed by atoms with Crippen LogP contribution >= 0.6 is 0 Å². The van der Waals surface area contributed by atoms with E-state index in [1.807, 2.05) is 88.4 Å². The summed E-state index contributed by atoms with van der Waals surface area (Å²) in [5.41, 5.74) is 1.90. The lowest BCUT2D eigenvalue weighted by Gasteiger charge is -2.26. The fraction of sp³-hybridized carbons (Fsp3) is 0.467. The Bertz CT molecular complexity index is 1060. The van der Waals surface area contributed by atoms with Crippen molar-refractivity contribution in [2.75, 3.05) is 6.54 Å². The minimum Gasteiger partial charge on any atom is -0.480 e. The molecule has 2 aromatic rings. The monoisotopic (exact) mass is 538 g/mol. The van der Waals surface area contributed by atoms with Gasteiger partial charge in [0.15, 0.2) is 0 Å². The fourth-order valence-electron chi connectivity index (χ4n) is 4.18. The van der Waals surface area contributed by atoms with Gasteiger partial charge in [0, 0.05) is 13.0 Å². The highest BCUT2D eigenvalue weighted by molar-refractivity contribution is 5.93. The summed E-state index contributed by atoms with van der Waals surface area (Å²) in [5.74, 6) is -2.26. The number of carbonyl (C=O) groups excluding carboxylic acids is 3. The van der Waals surface area contributed by atoms with Gasteiger partial charge >= 0.3 is 5.97 Å². The summed E-state index contributed by atoms with van der Waals surface area (Å²) in [6.45, 7) is 7.83. The molecule has 9 nitrogen and oxygen atoms in total. The average molecular weight is 539 g/mol. The van der Waals surface area contributed by atoms with Crippen LogP contribution in [0.4, 0.5) is 0 Å². The van der Waals surface area contributed by atoms with Crippen LogP contribution in [0.3, 0.4) is 0 Å². The van der Waals surface area contributed by atoms with Crippen LogP contribution in [-0.2, 0) is 32.1 Å². The number of hydrogen-bond acceptors (Lipinski definition) is 5. The van der Waals surface area contributed by atoms with E-state index >= 15 is 0 Å². The zero-order chi connectivity index (χ0) is 28.8. The molecule has 9 heteroatoms.